The van der Waals surface area contributed by atoms with Crippen LogP contribution in [0.5, 0.6) is 0 Å². The normalized spacial score (nSPS) is 23.3. The minimum atomic E-state index is -1.25. The third-order valence-electron chi connectivity index (χ3n) is 4.61. The number of nitrogens with one attached hydrogen (secondary N) is 1. The molecule has 6 heteroatoms. The molecule has 124 valence electrons. The Morgan fingerprint density at radius 2 is 1.76 bits per heavy atom. The van der Waals surface area contributed by atoms with E-state index in [0.717, 1.165) is 29.7 Å². The molecule has 25 heavy (non-hydrogen) atoms. The Labute approximate surface area is 145 Å². The molecule has 0 radical (unpaired) electrons. The minimum Gasteiger partial charge on any atom is -0.385 e. The first-order valence-electron chi connectivity index (χ1n) is 8.11. The van der Waals surface area contributed by atoms with E-state index in [9.17, 15) is 0 Å². The molecule has 2 aliphatic rings. The van der Waals surface area contributed by atoms with Crippen molar-refractivity contribution < 1.29 is 0 Å². The van der Waals surface area contributed by atoms with Crippen molar-refractivity contribution in [3.05, 3.63) is 71.3 Å². The Morgan fingerprint density at radius 3 is 2.52 bits per heavy atom. The molecule has 0 bridgehead atoms. The van der Waals surface area contributed by atoms with Crippen molar-refractivity contribution in [2.75, 3.05) is 0 Å². The Balaban J connectivity index is 1.86. The number of guanidine groups is 1. The fourth-order valence-corrected chi connectivity index (χ4v) is 3.40. The lowest BCUT2D eigenvalue weighted by atomic mass is 9.88. The highest BCUT2D eigenvalue weighted by molar-refractivity contribution is 6.24. The molecule has 0 amide bonds. The maximum atomic E-state index is 8.18. The molecule has 1 aliphatic heterocycles. The van der Waals surface area contributed by atoms with Gasteiger partial charge in [0.2, 0.25) is 11.5 Å². The zero-order valence-electron chi connectivity index (χ0n) is 13.6. The summed E-state index contributed by atoms with van der Waals surface area (Å²) in [6, 6.07) is 17.6. The number of hydrogen-bond donors (Lipinski definition) is 3. The van der Waals surface area contributed by atoms with Gasteiger partial charge in [-0.25, -0.2) is 9.98 Å². The van der Waals surface area contributed by atoms with Gasteiger partial charge in [0.15, 0.2) is 5.84 Å². The maximum absolute atomic E-state index is 8.18. The molecular formula is C19H18N6. The standard InChI is InChI=1S/C19H18N6/c20-16(21)19(13-7-2-1-3-8-13)17(24-18(22)25-19)23-15-11-10-12-6-4-5-9-14(12)15/h1-9H,10-11H2,(H3,20,21)(H2,22,25). The largest absolute Gasteiger partial charge is 0.385 e. The van der Waals surface area contributed by atoms with E-state index in [4.69, 9.17) is 21.9 Å². The first-order valence-corrected chi connectivity index (χ1v) is 8.11. The molecule has 1 atom stereocenters. The number of rotatable bonds is 2. The van der Waals surface area contributed by atoms with Crippen LogP contribution in [-0.4, -0.2) is 23.3 Å². The fraction of sp³-hybridized carbons (Fsp3) is 0.158. The zero-order chi connectivity index (χ0) is 17.4. The molecule has 5 N–H and O–H groups in total. The van der Waals surface area contributed by atoms with Gasteiger partial charge in [0, 0.05) is 0 Å². The van der Waals surface area contributed by atoms with E-state index < -0.39 is 5.54 Å². The van der Waals surface area contributed by atoms with Crippen LogP contribution in [0.25, 0.3) is 0 Å². The summed E-state index contributed by atoms with van der Waals surface area (Å²) in [4.78, 5) is 13.5. The number of benzene rings is 2. The van der Waals surface area contributed by atoms with Gasteiger partial charge in [0.05, 0.1) is 5.71 Å². The van der Waals surface area contributed by atoms with Gasteiger partial charge in [-0.1, -0.05) is 54.6 Å². The molecule has 2 aromatic carbocycles. The minimum absolute atomic E-state index is 0.0877. The van der Waals surface area contributed by atoms with Gasteiger partial charge in [-0.2, -0.15) is 4.99 Å². The molecule has 0 spiro atoms. The first-order chi connectivity index (χ1) is 12.1. The SMILES string of the molecule is N=C(N)C1(c2ccccc2)N=C(N)N=C1N=C1CCc2ccccc21. The number of nitrogens with zero attached hydrogens (tertiary/aromatic N) is 3. The third kappa shape index (κ3) is 2.34. The van der Waals surface area contributed by atoms with Crippen LogP contribution in [0, 0.1) is 5.41 Å². The molecule has 1 aliphatic carbocycles. The van der Waals surface area contributed by atoms with Crippen molar-refractivity contribution in [1.29, 1.82) is 5.41 Å². The summed E-state index contributed by atoms with van der Waals surface area (Å²) in [7, 11) is 0. The van der Waals surface area contributed by atoms with Crippen molar-refractivity contribution >= 4 is 23.3 Å². The van der Waals surface area contributed by atoms with E-state index in [1.165, 1.54) is 5.56 Å². The molecule has 1 unspecified atom stereocenters. The second-order valence-electron chi connectivity index (χ2n) is 6.11. The second-order valence-corrected chi connectivity index (χ2v) is 6.11. The highest BCUT2D eigenvalue weighted by atomic mass is 15.2. The van der Waals surface area contributed by atoms with E-state index in [1.807, 2.05) is 42.5 Å². The van der Waals surface area contributed by atoms with Crippen LogP contribution < -0.4 is 11.5 Å². The predicted octanol–water partition coefficient (Wildman–Crippen LogP) is 1.98. The molecule has 0 aromatic heterocycles. The first kappa shape index (κ1) is 15.3. The average Bonchev–Trinajstić information content (AvgIpc) is 3.18. The zero-order valence-corrected chi connectivity index (χ0v) is 13.6. The summed E-state index contributed by atoms with van der Waals surface area (Å²) >= 11 is 0. The number of nitrogens with two attached hydrogens (primary N) is 2. The number of fused-ring (bicyclic) bond motifs is 1. The second kappa shape index (κ2) is 5.66. The fourth-order valence-electron chi connectivity index (χ4n) is 3.40. The molecule has 1 heterocycles. The molecule has 0 saturated carbocycles. The van der Waals surface area contributed by atoms with E-state index in [2.05, 4.69) is 22.1 Å². The van der Waals surface area contributed by atoms with Crippen molar-refractivity contribution in [3.63, 3.8) is 0 Å². The Bertz CT molecular complexity index is 941. The summed E-state index contributed by atoms with van der Waals surface area (Å²) < 4.78 is 0. The number of amidine groups is 2. The summed E-state index contributed by atoms with van der Waals surface area (Å²) in [5.74, 6) is 0.300. The lowest BCUT2D eigenvalue weighted by Crippen LogP contribution is -2.44. The Kier molecular flexibility index (Phi) is 3.46. The van der Waals surface area contributed by atoms with E-state index in [1.54, 1.807) is 0 Å². The Hall–Kier alpha value is -3.28. The molecule has 6 nitrogen and oxygen atoms in total. The number of hydrogen-bond acceptors (Lipinski definition) is 5. The van der Waals surface area contributed by atoms with Crippen molar-refractivity contribution in [2.24, 2.45) is 26.4 Å². The van der Waals surface area contributed by atoms with Crippen molar-refractivity contribution in [3.8, 4) is 0 Å². The summed E-state index contributed by atoms with van der Waals surface area (Å²) in [5.41, 5.74) is 14.6. The highest BCUT2D eigenvalue weighted by Crippen LogP contribution is 2.33. The van der Waals surface area contributed by atoms with Gasteiger partial charge in [0.25, 0.3) is 0 Å². The van der Waals surface area contributed by atoms with E-state index >= 15 is 0 Å². The van der Waals surface area contributed by atoms with Crippen molar-refractivity contribution in [2.45, 2.75) is 18.4 Å². The molecule has 2 aromatic rings. The van der Waals surface area contributed by atoms with E-state index in [-0.39, 0.29) is 11.8 Å². The van der Waals surface area contributed by atoms with Crippen LogP contribution in [0.15, 0.2) is 69.6 Å². The average molecular weight is 330 g/mol. The van der Waals surface area contributed by atoms with Gasteiger partial charge in [-0.15, -0.1) is 0 Å². The molecule has 0 saturated heterocycles. The number of aryl methyl sites for hydroxylation is 1. The van der Waals surface area contributed by atoms with Crippen LogP contribution in [-0.2, 0) is 12.0 Å². The van der Waals surface area contributed by atoms with Gasteiger partial charge in [-0.3, -0.25) is 5.41 Å². The van der Waals surface area contributed by atoms with Crippen LogP contribution in [0.3, 0.4) is 0 Å². The smallest absolute Gasteiger partial charge is 0.219 e. The lowest BCUT2D eigenvalue weighted by Gasteiger charge is -2.25. The Morgan fingerprint density at radius 1 is 1.04 bits per heavy atom. The van der Waals surface area contributed by atoms with Gasteiger partial charge >= 0.3 is 0 Å². The van der Waals surface area contributed by atoms with Crippen molar-refractivity contribution in [1.82, 2.24) is 0 Å². The van der Waals surface area contributed by atoms with Crippen LogP contribution in [0.4, 0.5) is 0 Å². The third-order valence-corrected chi connectivity index (χ3v) is 4.61. The predicted molar refractivity (Wildman–Crippen MR) is 100 cm³/mol. The van der Waals surface area contributed by atoms with Gasteiger partial charge in [0.1, 0.15) is 5.84 Å². The maximum Gasteiger partial charge on any atom is 0.219 e. The lowest BCUT2D eigenvalue weighted by molar-refractivity contribution is 0.805. The summed E-state index contributed by atoms with van der Waals surface area (Å²) in [6.07, 6.45) is 1.76. The topological polar surface area (TPSA) is 113 Å². The van der Waals surface area contributed by atoms with E-state index in [0.29, 0.717) is 5.84 Å². The molecular weight excluding hydrogens is 312 g/mol. The number of aliphatic imine (C=N–C) groups is 3. The van der Waals surface area contributed by atoms with Gasteiger partial charge < -0.3 is 11.5 Å². The molecule has 0 fully saturated rings. The van der Waals surface area contributed by atoms with Crippen LogP contribution >= 0.6 is 0 Å². The molecule has 4 rings (SSSR count). The summed E-state index contributed by atoms with van der Waals surface area (Å²) in [5, 5.41) is 8.18. The van der Waals surface area contributed by atoms with Crippen LogP contribution in [0.2, 0.25) is 0 Å². The summed E-state index contributed by atoms with van der Waals surface area (Å²) in [6.45, 7) is 0. The highest BCUT2D eigenvalue weighted by Gasteiger charge is 2.45. The van der Waals surface area contributed by atoms with Gasteiger partial charge in [-0.05, 0) is 29.5 Å². The monoisotopic (exact) mass is 330 g/mol. The quantitative estimate of drug-likeness (QED) is 0.577. The van der Waals surface area contributed by atoms with Crippen LogP contribution in [0.1, 0.15) is 23.1 Å².